The molecule has 11 heteroatoms. The molecule has 3 aromatic rings. The lowest BCUT2D eigenvalue weighted by Gasteiger charge is -2.20. The molecule has 10 nitrogen and oxygen atoms in total. The first kappa shape index (κ1) is 23.7. The van der Waals surface area contributed by atoms with Gasteiger partial charge in [0, 0.05) is 31.3 Å². The lowest BCUT2D eigenvalue weighted by atomic mass is 10.2. The highest BCUT2D eigenvalue weighted by atomic mass is 32.2. The zero-order valence-corrected chi connectivity index (χ0v) is 20.3. The quantitative estimate of drug-likeness (QED) is 0.477. The number of sulfonamides is 1. The average molecular weight is 487 g/mol. The largest absolute Gasteiger partial charge is 0.493 e. The van der Waals surface area contributed by atoms with Crippen LogP contribution < -0.4 is 14.4 Å². The number of carbonyl (C=O) groups is 1. The normalized spacial score (nSPS) is 14.1. The lowest BCUT2D eigenvalue weighted by Crippen LogP contribution is -2.27. The molecule has 2 aromatic carbocycles. The van der Waals surface area contributed by atoms with E-state index in [2.05, 4.69) is 10.1 Å². The lowest BCUT2D eigenvalue weighted by molar-refractivity contribution is -0.117. The number of aromatic nitrogens is 2. The van der Waals surface area contributed by atoms with Gasteiger partial charge in [0.2, 0.25) is 27.6 Å². The van der Waals surface area contributed by atoms with E-state index < -0.39 is 10.0 Å². The number of hydrogen-bond donors (Lipinski definition) is 0. The van der Waals surface area contributed by atoms with E-state index in [-0.39, 0.29) is 23.2 Å². The SMILES string of the molecule is COc1ccc(-c2noc(CN(C)S(=O)(=O)c3ccc(N4CCCC4=O)c(C)c3)n2)cc1OC. The Hall–Kier alpha value is -3.44. The van der Waals surface area contributed by atoms with Gasteiger partial charge in [0.1, 0.15) is 0 Å². The standard InChI is InChI=1S/C23H26N4O6S/c1-15-12-17(8-9-18(15)27-11-5-6-22(27)28)34(29,30)26(2)14-21-24-23(25-33-21)16-7-10-19(31-3)20(13-16)32-4/h7-10,12-13H,5-6,11,14H2,1-4H3. The molecule has 34 heavy (non-hydrogen) atoms. The van der Waals surface area contributed by atoms with Crippen LogP contribution in [0.15, 0.2) is 45.8 Å². The number of ether oxygens (including phenoxy) is 2. The number of carbonyl (C=O) groups excluding carboxylic acids is 1. The predicted octanol–water partition coefficient (Wildman–Crippen LogP) is 3.01. The Bertz CT molecular complexity index is 1320. The highest BCUT2D eigenvalue weighted by Gasteiger charge is 2.27. The number of hydrogen-bond acceptors (Lipinski definition) is 8. The fourth-order valence-corrected chi connectivity index (χ4v) is 5.07. The molecule has 0 radical (unpaired) electrons. The van der Waals surface area contributed by atoms with Gasteiger partial charge < -0.3 is 18.9 Å². The third-order valence-electron chi connectivity index (χ3n) is 5.71. The fraction of sp³-hybridized carbons (Fsp3) is 0.348. The molecule has 1 aromatic heterocycles. The smallest absolute Gasteiger partial charge is 0.243 e. The molecule has 180 valence electrons. The molecule has 0 aliphatic carbocycles. The predicted molar refractivity (Wildman–Crippen MR) is 124 cm³/mol. The summed E-state index contributed by atoms with van der Waals surface area (Å²) in [7, 11) is 0.695. The van der Waals surface area contributed by atoms with Crippen molar-refractivity contribution in [2.24, 2.45) is 0 Å². The maximum atomic E-state index is 13.1. The molecule has 1 amide bonds. The second-order valence-electron chi connectivity index (χ2n) is 7.94. The number of benzene rings is 2. The first-order chi connectivity index (χ1) is 16.2. The van der Waals surface area contributed by atoms with Crippen LogP contribution in [0, 0.1) is 6.92 Å². The van der Waals surface area contributed by atoms with E-state index in [4.69, 9.17) is 14.0 Å². The van der Waals surface area contributed by atoms with E-state index in [1.807, 2.05) is 0 Å². The van der Waals surface area contributed by atoms with E-state index in [1.165, 1.54) is 20.2 Å². The molecule has 0 unspecified atom stereocenters. The summed E-state index contributed by atoms with van der Waals surface area (Å²) in [6, 6.07) is 9.97. The zero-order valence-electron chi connectivity index (χ0n) is 19.4. The van der Waals surface area contributed by atoms with Crippen molar-refractivity contribution in [3.8, 4) is 22.9 Å². The molecular formula is C23H26N4O6S. The number of methoxy groups -OCH3 is 2. The number of amides is 1. The topological polar surface area (TPSA) is 115 Å². The van der Waals surface area contributed by atoms with Gasteiger partial charge in [-0.2, -0.15) is 9.29 Å². The van der Waals surface area contributed by atoms with Crippen LogP contribution >= 0.6 is 0 Å². The van der Waals surface area contributed by atoms with E-state index in [0.717, 1.165) is 22.0 Å². The molecule has 1 aliphatic heterocycles. The van der Waals surface area contributed by atoms with Crippen molar-refractivity contribution in [1.82, 2.24) is 14.4 Å². The van der Waals surface area contributed by atoms with Crippen molar-refractivity contribution in [3.05, 3.63) is 47.9 Å². The van der Waals surface area contributed by atoms with Gasteiger partial charge in [-0.25, -0.2) is 8.42 Å². The van der Waals surface area contributed by atoms with Crippen LogP contribution in [0.3, 0.4) is 0 Å². The minimum absolute atomic E-state index is 0.0532. The van der Waals surface area contributed by atoms with Gasteiger partial charge in [0.15, 0.2) is 11.5 Å². The molecule has 0 saturated carbocycles. The highest BCUT2D eigenvalue weighted by molar-refractivity contribution is 7.89. The van der Waals surface area contributed by atoms with Gasteiger partial charge in [-0.1, -0.05) is 5.16 Å². The summed E-state index contributed by atoms with van der Waals surface area (Å²) in [6.07, 6.45) is 1.31. The van der Waals surface area contributed by atoms with Crippen molar-refractivity contribution < 1.29 is 27.2 Å². The van der Waals surface area contributed by atoms with E-state index in [1.54, 1.807) is 49.3 Å². The first-order valence-electron chi connectivity index (χ1n) is 10.7. The molecule has 2 heterocycles. The Morgan fingerprint density at radius 2 is 1.88 bits per heavy atom. The monoisotopic (exact) mass is 486 g/mol. The second kappa shape index (κ2) is 9.43. The number of rotatable bonds is 8. The Morgan fingerprint density at radius 3 is 2.53 bits per heavy atom. The second-order valence-corrected chi connectivity index (χ2v) is 9.98. The molecular weight excluding hydrogens is 460 g/mol. The molecule has 1 fully saturated rings. The number of nitrogens with zero attached hydrogens (tertiary/aromatic N) is 4. The molecule has 0 N–H and O–H groups in total. The van der Waals surface area contributed by atoms with Crippen LogP contribution in [0.5, 0.6) is 11.5 Å². The molecule has 0 spiro atoms. The summed E-state index contributed by atoms with van der Waals surface area (Å²) in [5.41, 5.74) is 2.10. The van der Waals surface area contributed by atoms with Crippen LogP contribution in [0.4, 0.5) is 5.69 Å². The molecule has 0 atom stereocenters. The van der Waals surface area contributed by atoms with Gasteiger partial charge in [0.05, 0.1) is 25.7 Å². The van der Waals surface area contributed by atoms with E-state index in [9.17, 15) is 13.2 Å². The summed E-state index contributed by atoms with van der Waals surface area (Å²) in [5.74, 6) is 1.58. The first-order valence-corrected chi connectivity index (χ1v) is 12.1. The summed E-state index contributed by atoms with van der Waals surface area (Å²) in [6.45, 7) is 2.34. The molecule has 1 aliphatic rings. The number of anilines is 1. The van der Waals surface area contributed by atoms with Crippen molar-refractivity contribution in [2.45, 2.75) is 31.2 Å². The zero-order chi connectivity index (χ0) is 24.5. The van der Waals surface area contributed by atoms with E-state index in [0.29, 0.717) is 35.9 Å². The molecule has 1 saturated heterocycles. The van der Waals surface area contributed by atoms with Crippen molar-refractivity contribution in [2.75, 3.05) is 32.7 Å². The summed E-state index contributed by atoms with van der Waals surface area (Å²) in [5, 5.41) is 3.96. The maximum Gasteiger partial charge on any atom is 0.243 e. The Morgan fingerprint density at radius 1 is 1.12 bits per heavy atom. The van der Waals surface area contributed by atoms with Gasteiger partial charge in [-0.05, 0) is 55.3 Å². The van der Waals surface area contributed by atoms with Crippen LogP contribution in [-0.4, -0.2) is 56.6 Å². The minimum atomic E-state index is -3.82. The van der Waals surface area contributed by atoms with Crippen LogP contribution in [0.1, 0.15) is 24.3 Å². The van der Waals surface area contributed by atoms with Crippen LogP contribution in [0.2, 0.25) is 0 Å². The van der Waals surface area contributed by atoms with Gasteiger partial charge >= 0.3 is 0 Å². The maximum absolute atomic E-state index is 13.1. The molecule has 4 rings (SSSR count). The van der Waals surface area contributed by atoms with Crippen LogP contribution in [-0.2, 0) is 21.4 Å². The Balaban J connectivity index is 1.52. The van der Waals surface area contributed by atoms with Gasteiger partial charge in [-0.3, -0.25) is 4.79 Å². The van der Waals surface area contributed by atoms with Crippen molar-refractivity contribution >= 4 is 21.6 Å². The Kier molecular flexibility index (Phi) is 6.58. The fourth-order valence-electron chi connectivity index (χ4n) is 3.86. The summed E-state index contributed by atoms with van der Waals surface area (Å²) in [4.78, 5) is 18.2. The van der Waals surface area contributed by atoms with E-state index >= 15 is 0 Å². The van der Waals surface area contributed by atoms with Gasteiger partial charge in [0.25, 0.3) is 0 Å². The summed E-state index contributed by atoms with van der Waals surface area (Å²) < 4.78 is 43.3. The highest BCUT2D eigenvalue weighted by Crippen LogP contribution is 2.32. The van der Waals surface area contributed by atoms with Gasteiger partial charge in [-0.15, -0.1) is 0 Å². The average Bonchev–Trinajstić information content (AvgIpc) is 3.47. The molecule has 0 bridgehead atoms. The van der Waals surface area contributed by atoms with Crippen LogP contribution in [0.25, 0.3) is 11.4 Å². The van der Waals surface area contributed by atoms with Crippen molar-refractivity contribution in [3.63, 3.8) is 0 Å². The third kappa shape index (κ3) is 4.48. The third-order valence-corrected chi connectivity index (χ3v) is 7.51. The minimum Gasteiger partial charge on any atom is -0.493 e. The Labute approximate surface area is 198 Å². The summed E-state index contributed by atoms with van der Waals surface area (Å²) >= 11 is 0. The number of aryl methyl sites for hydroxylation is 1. The van der Waals surface area contributed by atoms with Crippen molar-refractivity contribution in [1.29, 1.82) is 0 Å².